The maximum atomic E-state index is 12.0. The van der Waals surface area contributed by atoms with E-state index in [1.165, 1.54) is 6.07 Å². The minimum Gasteiger partial charge on any atom is -0.478 e. The Balaban J connectivity index is 2.65. The van der Waals surface area contributed by atoms with Gasteiger partial charge in [-0.05, 0) is 35.3 Å². The van der Waals surface area contributed by atoms with Gasteiger partial charge in [0, 0.05) is 6.04 Å². The summed E-state index contributed by atoms with van der Waals surface area (Å²) in [6, 6.07) is 1.52. The maximum absolute atomic E-state index is 12.0. The second-order valence-corrected chi connectivity index (χ2v) is 6.90. The molecule has 6 heteroatoms. The lowest BCUT2D eigenvalue weighted by Crippen LogP contribution is -2.32. The lowest BCUT2D eigenvalue weighted by atomic mass is 10.1. The molecule has 1 heterocycles. The van der Waals surface area contributed by atoms with Crippen LogP contribution in [0.15, 0.2) is 9.85 Å². The van der Waals surface area contributed by atoms with Gasteiger partial charge in [-0.2, -0.15) is 0 Å². The van der Waals surface area contributed by atoms with E-state index in [0.717, 1.165) is 37.0 Å². The van der Waals surface area contributed by atoms with Crippen LogP contribution in [0.2, 0.25) is 0 Å². The van der Waals surface area contributed by atoms with Crippen molar-refractivity contribution in [1.29, 1.82) is 0 Å². The summed E-state index contributed by atoms with van der Waals surface area (Å²) in [5.74, 6) is -1.39. The van der Waals surface area contributed by atoms with E-state index in [0.29, 0.717) is 3.79 Å². The number of hydrogen-bond donors (Lipinski definition) is 2. The predicted octanol–water partition coefficient (Wildman–Crippen LogP) is 3.91. The van der Waals surface area contributed by atoms with Crippen LogP contribution < -0.4 is 5.32 Å². The molecule has 0 fully saturated rings. The lowest BCUT2D eigenvalue weighted by Gasteiger charge is -2.13. The molecular formula is C13H18BrNO3S. The van der Waals surface area contributed by atoms with Gasteiger partial charge in [0.15, 0.2) is 0 Å². The average molecular weight is 348 g/mol. The van der Waals surface area contributed by atoms with E-state index in [9.17, 15) is 9.59 Å². The van der Waals surface area contributed by atoms with Gasteiger partial charge in [-0.15, -0.1) is 11.3 Å². The number of hydrogen-bond acceptors (Lipinski definition) is 3. The Hall–Kier alpha value is -0.880. The zero-order valence-electron chi connectivity index (χ0n) is 11.0. The number of carboxylic acids is 1. The summed E-state index contributed by atoms with van der Waals surface area (Å²) in [6.45, 7) is 4.07. The van der Waals surface area contributed by atoms with Crippen molar-refractivity contribution >= 4 is 39.1 Å². The van der Waals surface area contributed by atoms with E-state index in [4.69, 9.17) is 5.11 Å². The molecule has 4 nitrogen and oxygen atoms in total. The van der Waals surface area contributed by atoms with E-state index in [1.807, 2.05) is 6.92 Å². The molecule has 0 aliphatic rings. The van der Waals surface area contributed by atoms with Gasteiger partial charge in [0.25, 0.3) is 5.91 Å². The first-order valence-electron chi connectivity index (χ1n) is 6.29. The Bertz CT molecular complexity index is 459. The normalized spacial score (nSPS) is 12.2. The van der Waals surface area contributed by atoms with Gasteiger partial charge in [-0.25, -0.2) is 4.79 Å². The third-order valence-corrected chi connectivity index (χ3v) is 4.39. The summed E-state index contributed by atoms with van der Waals surface area (Å²) in [5, 5.41) is 11.9. The van der Waals surface area contributed by atoms with Crippen LogP contribution in [-0.2, 0) is 0 Å². The first-order chi connectivity index (χ1) is 8.95. The van der Waals surface area contributed by atoms with Crippen molar-refractivity contribution in [2.75, 3.05) is 0 Å². The predicted molar refractivity (Wildman–Crippen MR) is 80.0 cm³/mol. The van der Waals surface area contributed by atoms with E-state index >= 15 is 0 Å². The van der Waals surface area contributed by atoms with Crippen LogP contribution in [0.3, 0.4) is 0 Å². The van der Waals surface area contributed by atoms with Crippen LogP contribution in [0.4, 0.5) is 0 Å². The summed E-state index contributed by atoms with van der Waals surface area (Å²) in [7, 11) is 0. The summed E-state index contributed by atoms with van der Waals surface area (Å²) in [6.07, 6.45) is 4.26. The van der Waals surface area contributed by atoms with Gasteiger partial charge >= 0.3 is 5.97 Å². The molecule has 0 saturated heterocycles. The van der Waals surface area contributed by atoms with Gasteiger partial charge in [0.05, 0.1) is 9.35 Å². The topological polar surface area (TPSA) is 66.4 Å². The highest BCUT2D eigenvalue weighted by Gasteiger charge is 2.21. The molecule has 1 aromatic heterocycles. The fourth-order valence-electron chi connectivity index (χ4n) is 1.75. The van der Waals surface area contributed by atoms with E-state index in [2.05, 4.69) is 28.2 Å². The molecule has 0 bridgehead atoms. The van der Waals surface area contributed by atoms with Crippen LogP contribution in [0.1, 0.15) is 59.6 Å². The van der Waals surface area contributed by atoms with Crippen molar-refractivity contribution in [2.24, 2.45) is 0 Å². The molecule has 2 N–H and O–H groups in total. The van der Waals surface area contributed by atoms with Gasteiger partial charge < -0.3 is 10.4 Å². The van der Waals surface area contributed by atoms with E-state index in [1.54, 1.807) is 0 Å². The van der Waals surface area contributed by atoms with Crippen LogP contribution in [-0.4, -0.2) is 23.0 Å². The average Bonchev–Trinajstić information content (AvgIpc) is 2.72. The molecule has 0 aromatic carbocycles. The van der Waals surface area contributed by atoms with Crippen molar-refractivity contribution in [2.45, 2.75) is 45.6 Å². The van der Waals surface area contributed by atoms with Gasteiger partial charge in [0.1, 0.15) is 4.88 Å². The number of carbonyl (C=O) groups is 2. The summed E-state index contributed by atoms with van der Waals surface area (Å²) < 4.78 is 0.647. The third kappa shape index (κ3) is 4.95. The quantitative estimate of drug-likeness (QED) is 0.735. The molecule has 106 valence electrons. The number of unbranched alkanes of at least 4 members (excludes halogenated alkanes) is 2. The van der Waals surface area contributed by atoms with Gasteiger partial charge in [0.2, 0.25) is 0 Å². The Kier molecular flexibility index (Phi) is 6.51. The molecule has 0 aliphatic heterocycles. The fraction of sp³-hybridized carbons (Fsp3) is 0.538. The molecule has 1 amide bonds. The molecule has 0 aliphatic carbocycles. The Morgan fingerprint density at radius 3 is 2.74 bits per heavy atom. The highest BCUT2D eigenvalue weighted by Crippen LogP contribution is 2.27. The largest absolute Gasteiger partial charge is 0.478 e. The van der Waals surface area contributed by atoms with E-state index < -0.39 is 5.97 Å². The standard InChI is InChI=1S/C13H18BrNO3S/c1-3-4-5-6-8(2)15-12(16)11-9(13(17)18)7-10(14)19-11/h7-8H,3-6H2,1-2H3,(H,15,16)(H,17,18). The second kappa shape index (κ2) is 7.65. The SMILES string of the molecule is CCCCCC(C)NC(=O)c1sc(Br)cc1C(=O)O. The number of thiophene rings is 1. The Morgan fingerprint density at radius 1 is 1.47 bits per heavy atom. The first-order valence-corrected chi connectivity index (χ1v) is 7.90. The number of aromatic carboxylic acids is 1. The Labute approximate surface area is 125 Å². The van der Waals surface area contributed by atoms with Crippen LogP contribution in [0.5, 0.6) is 0 Å². The summed E-state index contributed by atoms with van der Waals surface area (Å²) in [4.78, 5) is 23.3. The number of carboxylic acid groups (broad SMARTS) is 1. The molecule has 1 rings (SSSR count). The van der Waals surface area contributed by atoms with Crippen LogP contribution >= 0.6 is 27.3 Å². The van der Waals surface area contributed by atoms with Crippen molar-refractivity contribution in [3.63, 3.8) is 0 Å². The fourth-order valence-corrected chi connectivity index (χ4v) is 3.24. The van der Waals surface area contributed by atoms with E-state index in [-0.39, 0.29) is 22.4 Å². The summed E-state index contributed by atoms with van der Waals surface area (Å²) >= 11 is 4.36. The number of halogens is 1. The first kappa shape index (κ1) is 16.2. The lowest BCUT2D eigenvalue weighted by molar-refractivity contribution is 0.0691. The number of carbonyl (C=O) groups excluding carboxylic acids is 1. The van der Waals surface area contributed by atoms with Gasteiger partial charge in [-0.1, -0.05) is 26.2 Å². The zero-order valence-corrected chi connectivity index (χ0v) is 13.4. The smallest absolute Gasteiger partial charge is 0.337 e. The van der Waals surface area contributed by atoms with Gasteiger partial charge in [-0.3, -0.25) is 4.79 Å². The minimum atomic E-state index is -1.08. The molecular weight excluding hydrogens is 330 g/mol. The summed E-state index contributed by atoms with van der Waals surface area (Å²) in [5.41, 5.74) is 0.0510. The van der Waals surface area contributed by atoms with Crippen molar-refractivity contribution < 1.29 is 14.7 Å². The minimum absolute atomic E-state index is 0.0510. The Morgan fingerprint density at radius 2 is 2.16 bits per heavy atom. The third-order valence-electron chi connectivity index (χ3n) is 2.76. The zero-order chi connectivity index (χ0) is 14.4. The van der Waals surface area contributed by atoms with Crippen molar-refractivity contribution in [3.8, 4) is 0 Å². The molecule has 1 aromatic rings. The molecule has 1 unspecified atom stereocenters. The van der Waals surface area contributed by atoms with Crippen molar-refractivity contribution in [1.82, 2.24) is 5.32 Å². The van der Waals surface area contributed by atoms with Crippen LogP contribution in [0.25, 0.3) is 0 Å². The second-order valence-electron chi connectivity index (χ2n) is 4.47. The molecule has 19 heavy (non-hydrogen) atoms. The number of nitrogens with one attached hydrogen (secondary N) is 1. The molecule has 0 radical (unpaired) electrons. The molecule has 0 saturated carbocycles. The maximum Gasteiger partial charge on any atom is 0.337 e. The molecule has 1 atom stereocenters. The highest BCUT2D eigenvalue weighted by atomic mass is 79.9. The highest BCUT2D eigenvalue weighted by molar-refractivity contribution is 9.11. The number of rotatable bonds is 7. The monoisotopic (exact) mass is 347 g/mol. The molecule has 0 spiro atoms. The van der Waals surface area contributed by atoms with Crippen molar-refractivity contribution in [3.05, 3.63) is 20.3 Å². The van der Waals surface area contributed by atoms with Crippen LogP contribution in [0, 0.1) is 0 Å². The number of amides is 1.